The van der Waals surface area contributed by atoms with Gasteiger partial charge in [0, 0.05) is 19.5 Å². The largest absolute Gasteiger partial charge is 0.324 e. The van der Waals surface area contributed by atoms with E-state index in [1.54, 1.807) is 0 Å². The van der Waals surface area contributed by atoms with Crippen LogP contribution in [-0.4, -0.2) is 0 Å². The zero-order valence-electron chi connectivity index (χ0n) is 9.54. The second-order valence-corrected chi connectivity index (χ2v) is 6.89. The molecule has 0 saturated heterocycles. The molecule has 0 aliphatic heterocycles. The van der Waals surface area contributed by atoms with Gasteiger partial charge >= 0.3 is 0 Å². The van der Waals surface area contributed by atoms with Gasteiger partial charge in [0.25, 0.3) is 0 Å². The Morgan fingerprint density at radius 2 is 1.56 bits per heavy atom. The van der Waals surface area contributed by atoms with Crippen LogP contribution in [0.3, 0.4) is 0 Å². The van der Waals surface area contributed by atoms with E-state index in [0.717, 1.165) is 25.4 Å². The van der Waals surface area contributed by atoms with Crippen LogP contribution in [0, 0.1) is 0 Å². The third-order valence-electron chi connectivity index (χ3n) is 2.66. The Balaban J connectivity index is 2.19. The van der Waals surface area contributed by atoms with Crippen molar-refractivity contribution in [3.63, 3.8) is 0 Å². The van der Waals surface area contributed by atoms with Gasteiger partial charge in [0.15, 0.2) is 0 Å². The van der Waals surface area contributed by atoms with Gasteiger partial charge in [-0.25, -0.2) is 0 Å². The Morgan fingerprint density at radius 3 is 2.17 bits per heavy atom. The molecule has 0 aliphatic rings. The molecule has 1 atom stereocenters. The summed E-state index contributed by atoms with van der Waals surface area (Å²) in [4.78, 5) is 0. The van der Waals surface area contributed by atoms with Gasteiger partial charge in [-0.3, -0.25) is 0 Å². The zero-order chi connectivity index (χ0) is 13.1. The Labute approximate surface area is 132 Å². The van der Waals surface area contributed by atoms with Crippen molar-refractivity contribution in [1.29, 1.82) is 0 Å². The van der Waals surface area contributed by atoms with Gasteiger partial charge in [0.1, 0.15) is 0 Å². The quantitative estimate of drug-likeness (QED) is 0.705. The summed E-state index contributed by atoms with van der Waals surface area (Å²) in [5, 5.41) is 0. The number of halogens is 3. The number of rotatable bonds is 3. The van der Waals surface area contributed by atoms with Crippen LogP contribution in [0.5, 0.6) is 0 Å². The third kappa shape index (κ3) is 3.92. The van der Waals surface area contributed by atoms with Crippen molar-refractivity contribution in [1.82, 2.24) is 0 Å². The van der Waals surface area contributed by atoms with Gasteiger partial charge in [-0.2, -0.15) is 0 Å². The van der Waals surface area contributed by atoms with Crippen LogP contribution in [0.15, 0.2) is 55.9 Å². The Bertz CT molecular complexity index is 534. The highest BCUT2D eigenvalue weighted by Gasteiger charge is 2.09. The summed E-state index contributed by atoms with van der Waals surface area (Å²) < 4.78 is 3.16. The topological polar surface area (TPSA) is 26.0 Å². The molecule has 2 aromatic rings. The van der Waals surface area contributed by atoms with Crippen molar-refractivity contribution in [2.45, 2.75) is 12.5 Å². The monoisotopic (exact) mass is 431 g/mol. The lowest BCUT2D eigenvalue weighted by Crippen LogP contribution is -2.13. The van der Waals surface area contributed by atoms with Crippen molar-refractivity contribution in [2.24, 2.45) is 5.73 Å². The van der Waals surface area contributed by atoms with Crippen LogP contribution < -0.4 is 5.73 Å². The first-order valence-electron chi connectivity index (χ1n) is 5.50. The molecule has 2 rings (SSSR count). The van der Waals surface area contributed by atoms with Crippen LogP contribution in [0.2, 0.25) is 0 Å². The molecule has 1 unspecified atom stereocenters. The summed E-state index contributed by atoms with van der Waals surface area (Å²) in [5.74, 6) is 0. The molecule has 0 aromatic heterocycles. The normalized spacial score (nSPS) is 12.4. The van der Waals surface area contributed by atoms with E-state index >= 15 is 0 Å². The Morgan fingerprint density at radius 1 is 0.889 bits per heavy atom. The van der Waals surface area contributed by atoms with Crippen LogP contribution in [-0.2, 0) is 6.42 Å². The summed E-state index contributed by atoms with van der Waals surface area (Å²) in [6.07, 6.45) is 0.822. The fourth-order valence-corrected chi connectivity index (χ4v) is 3.60. The number of hydrogen-bond donors (Lipinski definition) is 1. The van der Waals surface area contributed by atoms with Crippen molar-refractivity contribution < 1.29 is 0 Å². The number of nitrogens with two attached hydrogens (primary N) is 1. The summed E-state index contributed by atoms with van der Waals surface area (Å²) in [6, 6.07) is 14.4. The lowest BCUT2D eigenvalue weighted by Gasteiger charge is -2.13. The van der Waals surface area contributed by atoms with E-state index in [0.29, 0.717) is 0 Å². The van der Waals surface area contributed by atoms with Crippen LogP contribution in [0.1, 0.15) is 17.2 Å². The van der Waals surface area contributed by atoms with Crippen molar-refractivity contribution in [3.8, 4) is 0 Å². The van der Waals surface area contributed by atoms with E-state index in [2.05, 4.69) is 72.1 Å². The van der Waals surface area contributed by atoms with E-state index in [1.807, 2.05) is 18.2 Å². The van der Waals surface area contributed by atoms with Crippen LogP contribution in [0.25, 0.3) is 0 Å². The summed E-state index contributed by atoms with van der Waals surface area (Å²) in [5.41, 5.74) is 8.61. The lowest BCUT2D eigenvalue weighted by molar-refractivity contribution is 0.720. The van der Waals surface area contributed by atoms with Gasteiger partial charge in [-0.05, 0) is 47.9 Å². The van der Waals surface area contributed by atoms with Gasteiger partial charge < -0.3 is 5.73 Å². The molecule has 1 nitrogen and oxygen atoms in total. The molecule has 0 amide bonds. The zero-order valence-corrected chi connectivity index (χ0v) is 14.3. The average molecular weight is 434 g/mol. The average Bonchev–Trinajstić information content (AvgIpc) is 2.27. The van der Waals surface area contributed by atoms with Gasteiger partial charge in [-0.15, -0.1) is 0 Å². The third-order valence-corrected chi connectivity index (χ3v) is 4.07. The summed E-state index contributed by atoms with van der Waals surface area (Å²) in [7, 11) is 0. The highest BCUT2D eigenvalue weighted by atomic mass is 79.9. The molecule has 4 heteroatoms. The second-order valence-electron chi connectivity index (χ2n) is 4.14. The Kier molecular flexibility index (Phi) is 5.01. The minimum Gasteiger partial charge on any atom is -0.324 e. The molecule has 18 heavy (non-hydrogen) atoms. The van der Waals surface area contributed by atoms with Crippen molar-refractivity contribution in [2.75, 3.05) is 0 Å². The molecule has 0 saturated carbocycles. The number of hydrogen-bond acceptors (Lipinski definition) is 1. The first-order chi connectivity index (χ1) is 8.54. The molecular formula is C14H12Br3N. The summed E-state index contributed by atoms with van der Waals surface area (Å²) >= 11 is 10.4. The van der Waals surface area contributed by atoms with Crippen LogP contribution >= 0.6 is 47.8 Å². The standard InChI is InChI=1S/C14H12Br3N/c15-11-3-1-2-9(4-11)5-14(18)10-6-12(16)8-13(17)7-10/h1-4,6-8,14H,5,18H2. The molecule has 2 aromatic carbocycles. The van der Waals surface area contributed by atoms with Crippen molar-refractivity contribution in [3.05, 3.63) is 67.0 Å². The first-order valence-corrected chi connectivity index (χ1v) is 7.88. The van der Waals surface area contributed by atoms with Gasteiger partial charge in [0.2, 0.25) is 0 Å². The van der Waals surface area contributed by atoms with E-state index in [1.165, 1.54) is 5.56 Å². The van der Waals surface area contributed by atoms with Crippen LogP contribution in [0.4, 0.5) is 0 Å². The smallest absolute Gasteiger partial charge is 0.0336 e. The van der Waals surface area contributed by atoms with E-state index in [4.69, 9.17) is 5.73 Å². The molecule has 0 spiro atoms. The maximum atomic E-state index is 6.26. The highest BCUT2D eigenvalue weighted by Crippen LogP contribution is 2.25. The summed E-state index contributed by atoms with van der Waals surface area (Å²) in [6.45, 7) is 0. The second kappa shape index (κ2) is 6.33. The first kappa shape index (κ1) is 14.3. The maximum absolute atomic E-state index is 6.26. The maximum Gasteiger partial charge on any atom is 0.0336 e. The molecule has 2 N–H and O–H groups in total. The minimum absolute atomic E-state index is 0.00639. The molecule has 0 bridgehead atoms. The minimum atomic E-state index is -0.00639. The lowest BCUT2D eigenvalue weighted by atomic mass is 10.00. The van der Waals surface area contributed by atoms with Gasteiger partial charge in [0.05, 0.1) is 0 Å². The molecule has 0 heterocycles. The molecule has 0 radical (unpaired) electrons. The molecule has 0 aliphatic carbocycles. The van der Waals surface area contributed by atoms with E-state index in [-0.39, 0.29) is 6.04 Å². The predicted octanol–water partition coefficient (Wildman–Crippen LogP) is 5.22. The number of benzene rings is 2. The van der Waals surface area contributed by atoms with E-state index in [9.17, 15) is 0 Å². The SMILES string of the molecule is NC(Cc1cccc(Br)c1)c1cc(Br)cc(Br)c1. The highest BCUT2D eigenvalue weighted by molar-refractivity contribution is 9.11. The molecule has 0 fully saturated rings. The fourth-order valence-electron chi connectivity index (χ4n) is 1.82. The Hall–Kier alpha value is -0.160. The molecule has 94 valence electrons. The fraction of sp³-hybridized carbons (Fsp3) is 0.143. The predicted molar refractivity (Wildman–Crippen MR) is 86.6 cm³/mol. The molecular weight excluding hydrogens is 422 g/mol. The van der Waals surface area contributed by atoms with Crippen molar-refractivity contribution >= 4 is 47.8 Å². The van der Waals surface area contributed by atoms with Gasteiger partial charge in [-0.1, -0.05) is 59.9 Å². The van der Waals surface area contributed by atoms with E-state index < -0.39 is 0 Å².